The second-order valence-electron chi connectivity index (χ2n) is 10.3. The predicted octanol–water partition coefficient (Wildman–Crippen LogP) is 10.1. The SMILES string of the molecule is C#CC1CC1.FCF.O=C1Nc2ccc(Cl)cc2C(F)(Cl)O1.[2H]C1(C#CC)CC1.[2H]C1(C#CC2(C)OC(=O)Nc3ccc(Cl)cc32)CC1. The molecule has 0 bridgehead atoms. The molecule has 46 heavy (non-hydrogen) atoms. The van der Waals surface area contributed by atoms with Gasteiger partial charge in [-0.2, -0.15) is 4.39 Å². The first-order valence-corrected chi connectivity index (χ1v) is 15.2. The molecule has 0 radical (unpaired) electrons. The fraction of sp³-hybridized carbons (Fsp3) is 0.412. The van der Waals surface area contributed by atoms with Crippen LogP contribution in [0.4, 0.5) is 34.1 Å². The van der Waals surface area contributed by atoms with E-state index in [4.69, 9.17) is 48.7 Å². The molecule has 2 N–H and O–H groups in total. The van der Waals surface area contributed by atoms with E-state index in [0.717, 1.165) is 31.2 Å². The van der Waals surface area contributed by atoms with Crippen LogP contribution in [-0.2, 0) is 20.4 Å². The van der Waals surface area contributed by atoms with E-state index < -0.39 is 35.9 Å². The van der Waals surface area contributed by atoms with Crippen LogP contribution in [-0.4, -0.2) is 19.1 Å². The van der Waals surface area contributed by atoms with Crippen molar-refractivity contribution in [3.8, 4) is 36.0 Å². The van der Waals surface area contributed by atoms with E-state index >= 15 is 0 Å². The Morgan fingerprint density at radius 2 is 1.39 bits per heavy atom. The molecule has 2 aromatic rings. The quantitative estimate of drug-likeness (QED) is 0.212. The molecule has 2 amide bonds. The Balaban J connectivity index is 0.000000187. The minimum absolute atomic E-state index is 0.00809. The normalized spacial score (nSPS) is 24.7. The average Bonchev–Trinajstić information content (AvgIpc) is 3.91. The summed E-state index contributed by atoms with van der Waals surface area (Å²) in [6, 6.07) is 9.42. The van der Waals surface area contributed by atoms with Gasteiger partial charge in [-0.05, 0) is 100 Å². The van der Waals surface area contributed by atoms with Gasteiger partial charge in [0.25, 0.3) is 0 Å². The number of fused-ring (bicyclic) bond motifs is 2. The topological polar surface area (TPSA) is 76.7 Å². The van der Waals surface area contributed by atoms with Gasteiger partial charge in [0.1, 0.15) is 0 Å². The molecule has 6 nitrogen and oxygen atoms in total. The first kappa shape index (κ1) is 33.7. The summed E-state index contributed by atoms with van der Waals surface area (Å²) in [4.78, 5) is 22.4. The van der Waals surface area contributed by atoms with E-state index in [0.29, 0.717) is 21.7 Å². The number of carbonyl (C=O) groups excluding carboxylic acids is 2. The van der Waals surface area contributed by atoms with Crippen molar-refractivity contribution in [1.29, 1.82) is 0 Å². The van der Waals surface area contributed by atoms with E-state index in [2.05, 4.69) is 45.0 Å². The summed E-state index contributed by atoms with van der Waals surface area (Å²) in [7, 11) is 0. The van der Waals surface area contributed by atoms with E-state index in [1.165, 1.54) is 31.0 Å². The van der Waals surface area contributed by atoms with Crippen molar-refractivity contribution in [1.82, 2.24) is 0 Å². The number of cyclic esters (lactones) is 2. The van der Waals surface area contributed by atoms with E-state index in [1.807, 2.05) is 0 Å². The summed E-state index contributed by atoms with van der Waals surface area (Å²) in [5.74, 6) is 13.7. The van der Waals surface area contributed by atoms with Crippen LogP contribution in [0.1, 0.15) is 66.2 Å². The predicted molar refractivity (Wildman–Crippen MR) is 174 cm³/mol. The van der Waals surface area contributed by atoms with Crippen molar-refractivity contribution >= 4 is 58.4 Å². The number of nitrogens with one attached hydrogen (secondary N) is 2. The van der Waals surface area contributed by atoms with Gasteiger partial charge in [0, 0.05) is 36.1 Å². The van der Waals surface area contributed by atoms with Crippen molar-refractivity contribution < 1.29 is 35.0 Å². The van der Waals surface area contributed by atoms with Gasteiger partial charge in [-0.25, -0.2) is 18.4 Å². The van der Waals surface area contributed by atoms with E-state index in [-0.39, 0.29) is 17.1 Å². The molecular formula is C34H32Cl3F3N2O4. The highest BCUT2D eigenvalue weighted by Gasteiger charge is 2.41. The zero-order valence-corrected chi connectivity index (χ0v) is 27.2. The lowest BCUT2D eigenvalue weighted by Gasteiger charge is -2.31. The molecule has 3 aliphatic carbocycles. The van der Waals surface area contributed by atoms with Gasteiger partial charge in [0.2, 0.25) is 6.93 Å². The number of anilines is 2. The molecule has 2 aliphatic heterocycles. The van der Waals surface area contributed by atoms with Crippen LogP contribution in [0.5, 0.6) is 0 Å². The van der Waals surface area contributed by atoms with Crippen molar-refractivity contribution in [2.24, 2.45) is 17.7 Å². The Labute approximate surface area is 284 Å². The van der Waals surface area contributed by atoms with Crippen molar-refractivity contribution in [3.63, 3.8) is 0 Å². The fourth-order valence-electron chi connectivity index (χ4n) is 3.67. The van der Waals surface area contributed by atoms with E-state index in [1.54, 1.807) is 32.0 Å². The molecule has 3 fully saturated rings. The third-order valence-corrected chi connectivity index (χ3v) is 7.13. The minimum Gasteiger partial charge on any atom is -0.425 e. The number of ether oxygens (including phenoxy) is 2. The maximum Gasteiger partial charge on any atom is 0.415 e. The van der Waals surface area contributed by atoms with Gasteiger partial charge in [-0.1, -0.05) is 35.0 Å². The molecule has 0 aromatic heterocycles. The molecule has 0 saturated heterocycles. The number of alkyl halides is 4. The lowest BCUT2D eigenvalue weighted by atomic mass is 9.93. The third kappa shape index (κ3) is 11.9. The molecule has 244 valence electrons. The summed E-state index contributed by atoms with van der Waals surface area (Å²) in [6.07, 6.45) is 9.56. The van der Waals surface area contributed by atoms with Gasteiger partial charge < -0.3 is 9.47 Å². The van der Waals surface area contributed by atoms with Crippen molar-refractivity contribution in [2.45, 2.75) is 63.3 Å². The zero-order chi connectivity index (χ0) is 35.8. The van der Waals surface area contributed by atoms with Gasteiger partial charge >= 0.3 is 17.5 Å². The Hall–Kier alpha value is -3.68. The Morgan fingerprint density at radius 3 is 1.83 bits per heavy atom. The minimum atomic E-state index is -2.65. The summed E-state index contributed by atoms with van der Waals surface area (Å²) >= 11 is 17.0. The Bertz CT molecular complexity index is 1690. The largest absolute Gasteiger partial charge is 0.425 e. The van der Waals surface area contributed by atoms with Crippen molar-refractivity contribution in [3.05, 3.63) is 57.6 Å². The number of amides is 2. The first-order valence-electron chi connectivity index (χ1n) is 15.0. The lowest BCUT2D eigenvalue weighted by Crippen LogP contribution is -2.36. The third-order valence-electron chi connectivity index (χ3n) is 6.37. The number of halogens is 6. The molecule has 12 heteroatoms. The van der Waals surface area contributed by atoms with Crippen LogP contribution in [0.25, 0.3) is 0 Å². The number of hydrogen-bond donors (Lipinski definition) is 2. The standard InChI is InChI=1S/C14H12ClNO2.C8H4Cl2FNO2.C6H8.C5H6.CH2F2/c1-14(7-6-9-2-3-9)11-8-10(15)4-5-12(11)16-13(17)18-14;9-4-1-2-6-5(3-4)8(10,11)14-7(13)12-6;1-2-3-6-4-5-6;1-2-5-3-4-5;2-1-3/h4-5,8-9H,2-3H2,1H3,(H,16,17);1-3H,(H,12,13);6H,4-5H2,1H3;1,5H,3-4H2;1H2/i9D;;6D;;. The van der Waals surface area contributed by atoms with Gasteiger partial charge in [-0.15, -0.1) is 24.2 Å². The summed E-state index contributed by atoms with van der Waals surface area (Å²) in [6.45, 7) is 1.76. The second-order valence-corrected chi connectivity index (χ2v) is 11.7. The first-order chi connectivity index (χ1) is 22.5. The highest BCUT2D eigenvalue weighted by molar-refractivity contribution is 6.31. The van der Waals surface area contributed by atoms with Gasteiger partial charge in [0.05, 0.1) is 16.9 Å². The molecule has 2 atom stereocenters. The highest BCUT2D eigenvalue weighted by atomic mass is 35.5. The molecule has 0 spiro atoms. The molecule has 2 unspecified atom stereocenters. The molecule has 2 heterocycles. The number of carbonyl (C=O) groups is 2. The van der Waals surface area contributed by atoms with Crippen LogP contribution in [0.3, 0.4) is 0 Å². The zero-order valence-electron chi connectivity index (χ0n) is 27.0. The van der Waals surface area contributed by atoms with Gasteiger partial charge in [0.15, 0.2) is 5.60 Å². The Morgan fingerprint density at radius 1 is 0.913 bits per heavy atom. The molecule has 5 aliphatic rings. The summed E-state index contributed by atoms with van der Waals surface area (Å²) in [5, 5.41) is 3.13. The smallest absolute Gasteiger partial charge is 0.415 e. The summed E-state index contributed by atoms with van der Waals surface area (Å²) in [5.41, 5.74) is 0.553. The van der Waals surface area contributed by atoms with Crippen LogP contribution in [0.15, 0.2) is 36.4 Å². The molecule has 7 rings (SSSR count). The van der Waals surface area contributed by atoms with Crippen LogP contribution >= 0.6 is 34.8 Å². The van der Waals surface area contributed by atoms with Crippen LogP contribution < -0.4 is 10.6 Å². The second kappa shape index (κ2) is 16.8. The maximum atomic E-state index is 13.5. The van der Waals surface area contributed by atoms with Crippen LogP contribution in [0, 0.1) is 53.7 Å². The molecular weight excluding hydrogens is 664 g/mol. The van der Waals surface area contributed by atoms with E-state index in [9.17, 15) is 22.8 Å². The molecule has 2 aromatic carbocycles. The lowest BCUT2D eigenvalue weighted by molar-refractivity contribution is -0.0250. The average molecular weight is 698 g/mol. The number of terminal acetylenes is 1. The highest BCUT2D eigenvalue weighted by Crippen LogP contribution is 2.42. The van der Waals surface area contributed by atoms with Crippen LogP contribution in [0.2, 0.25) is 10.0 Å². The summed E-state index contributed by atoms with van der Waals surface area (Å²) < 4.78 is 57.5. The fourth-order valence-corrected chi connectivity index (χ4v) is 4.24. The molecule has 3 saturated carbocycles. The monoisotopic (exact) mass is 696 g/mol. The number of rotatable bonds is 0. The number of hydrogen-bond acceptors (Lipinski definition) is 4. The maximum absolute atomic E-state index is 13.5. The number of benzene rings is 2. The van der Waals surface area contributed by atoms with Gasteiger partial charge in [-0.3, -0.25) is 10.6 Å². The van der Waals surface area contributed by atoms with Crippen molar-refractivity contribution in [2.75, 3.05) is 17.6 Å². The Kier molecular flexibility index (Phi) is 12.3.